The minimum absolute atomic E-state index is 0.00773. The molecule has 0 amide bonds. The summed E-state index contributed by atoms with van der Waals surface area (Å²) in [7, 11) is 1.28. The van der Waals surface area contributed by atoms with Crippen LogP contribution in [0.4, 0.5) is 0 Å². The zero-order valence-corrected chi connectivity index (χ0v) is 8.41. The van der Waals surface area contributed by atoms with Gasteiger partial charge in [0.05, 0.1) is 12.8 Å². The first-order valence-electron chi connectivity index (χ1n) is 4.72. The summed E-state index contributed by atoms with van der Waals surface area (Å²) in [5.74, 6) is -0.547. The lowest BCUT2D eigenvalue weighted by Crippen LogP contribution is -2.25. The van der Waals surface area contributed by atoms with Crippen LogP contribution < -0.4 is 5.32 Å². The maximum absolute atomic E-state index is 11.3. The predicted octanol–water partition coefficient (Wildman–Crippen LogP) is 0.219. The van der Waals surface area contributed by atoms with Gasteiger partial charge >= 0.3 is 5.97 Å². The second-order valence-corrected chi connectivity index (χ2v) is 3.36. The van der Waals surface area contributed by atoms with E-state index in [1.165, 1.54) is 13.3 Å². The quantitative estimate of drug-likeness (QED) is 0.646. The van der Waals surface area contributed by atoms with Crippen LogP contribution in [0.3, 0.4) is 0 Å². The largest absolute Gasteiger partial charge is 0.507 e. The van der Waals surface area contributed by atoms with Gasteiger partial charge in [-0.25, -0.2) is 4.79 Å². The van der Waals surface area contributed by atoms with Crippen LogP contribution in [0.2, 0.25) is 0 Å². The summed E-state index contributed by atoms with van der Waals surface area (Å²) in [5, 5.41) is 13.0. The molecule has 1 aromatic heterocycles. The number of carbonyl (C=O) groups excluding carboxylic acids is 1. The van der Waals surface area contributed by atoms with Gasteiger partial charge in [0.15, 0.2) is 0 Å². The molecule has 5 heteroatoms. The fourth-order valence-electron chi connectivity index (χ4n) is 1.68. The number of fused-ring (bicyclic) bond motifs is 1. The Morgan fingerprint density at radius 3 is 3.20 bits per heavy atom. The van der Waals surface area contributed by atoms with Crippen molar-refractivity contribution in [1.29, 1.82) is 0 Å². The third-order valence-corrected chi connectivity index (χ3v) is 2.49. The second kappa shape index (κ2) is 3.86. The Kier molecular flexibility index (Phi) is 2.55. The van der Waals surface area contributed by atoms with Gasteiger partial charge in [0.1, 0.15) is 11.3 Å². The maximum atomic E-state index is 11.3. The number of carbonyl (C=O) groups is 1. The Hall–Kier alpha value is -1.62. The Morgan fingerprint density at radius 1 is 1.67 bits per heavy atom. The SMILES string of the molecule is COC(=O)c1cnc2c(c1O)CCNC2. The van der Waals surface area contributed by atoms with Crippen LogP contribution >= 0.6 is 0 Å². The Labute approximate surface area is 87.1 Å². The molecule has 80 valence electrons. The van der Waals surface area contributed by atoms with Gasteiger partial charge in [-0.15, -0.1) is 0 Å². The average molecular weight is 208 g/mol. The highest BCUT2D eigenvalue weighted by Crippen LogP contribution is 2.26. The minimum Gasteiger partial charge on any atom is -0.507 e. The van der Waals surface area contributed by atoms with Gasteiger partial charge in [0.2, 0.25) is 0 Å². The number of hydrogen-bond donors (Lipinski definition) is 2. The van der Waals surface area contributed by atoms with E-state index < -0.39 is 5.97 Å². The molecule has 0 atom stereocenters. The molecule has 0 aromatic carbocycles. The lowest BCUT2D eigenvalue weighted by Gasteiger charge is -2.18. The van der Waals surface area contributed by atoms with E-state index in [1.54, 1.807) is 0 Å². The second-order valence-electron chi connectivity index (χ2n) is 3.36. The number of rotatable bonds is 1. The van der Waals surface area contributed by atoms with Gasteiger partial charge in [0.25, 0.3) is 0 Å². The monoisotopic (exact) mass is 208 g/mol. The van der Waals surface area contributed by atoms with Crippen LogP contribution in [0, 0.1) is 0 Å². The molecule has 5 nitrogen and oxygen atoms in total. The molecular weight excluding hydrogens is 196 g/mol. The van der Waals surface area contributed by atoms with Crippen molar-refractivity contribution in [2.24, 2.45) is 0 Å². The zero-order valence-electron chi connectivity index (χ0n) is 8.41. The van der Waals surface area contributed by atoms with Crippen LogP contribution in [0.5, 0.6) is 5.75 Å². The number of esters is 1. The number of hydrogen-bond acceptors (Lipinski definition) is 5. The van der Waals surface area contributed by atoms with E-state index in [9.17, 15) is 9.90 Å². The summed E-state index contributed by atoms with van der Waals surface area (Å²) in [6, 6.07) is 0. The molecule has 0 aliphatic carbocycles. The fourth-order valence-corrected chi connectivity index (χ4v) is 1.68. The molecule has 0 fully saturated rings. The first-order valence-corrected chi connectivity index (χ1v) is 4.72. The minimum atomic E-state index is -0.554. The molecule has 2 N–H and O–H groups in total. The highest BCUT2D eigenvalue weighted by Gasteiger charge is 2.20. The van der Waals surface area contributed by atoms with Crippen molar-refractivity contribution < 1.29 is 14.6 Å². The van der Waals surface area contributed by atoms with Gasteiger partial charge in [-0.3, -0.25) is 4.98 Å². The van der Waals surface area contributed by atoms with E-state index in [0.29, 0.717) is 13.0 Å². The van der Waals surface area contributed by atoms with Crippen LogP contribution in [0.1, 0.15) is 21.6 Å². The molecule has 15 heavy (non-hydrogen) atoms. The number of nitrogens with zero attached hydrogens (tertiary/aromatic N) is 1. The zero-order chi connectivity index (χ0) is 10.8. The van der Waals surface area contributed by atoms with Crippen molar-refractivity contribution >= 4 is 5.97 Å². The van der Waals surface area contributed by atoms with Crippen molar-refractivity contribution in [3.05, 3.63) is 23.0 Å². The normalized spacial score (nSPS) is 14.5. The number of aromatic hydroxyl groups is 1. The van der Waals surface area contributed by atoms with Crippen molar-refractivity contribution in [1.82, 2.24) is 10.3 Å². The molecule has 1 aromatic rings. The molecule has 2 heterocycles. The maximum Gasteiger partial charge on any atom is 0.343 e. The van der Waals surface area contributed by atoms with E-state index in [-0.39, 0.29) is 11.3 Å². The Balaban J connectivity index is 2.47. The topological polar surface area (TPSA) is 71.5 Å². The van der Waals surface area contributed by atoms with Crippen molar-refractivity contribution in [2.45, 2.75) is 13.0 Å². The summed E-state index contributed by atoms with van der Waals surface area (Å²) >= 11 is 0. The molecule has 1 aliphatic rings. The lowest BCUT2D eigenvalue weighted by molar-refractivity contribution is 0.0596. The average Bonchev–Trinajstić information content (AvgIpc) is 2.29. The van der Waals surface area contributed by atoms with Gasteiger partial charge in [-0.05, 0) is 13.0 Å². The molecule has 2 rings (SSSR count). The van der Waals surface area contributed by atoms with Gasteiger partial charge in [-0.2, -0.15) is 0 Å². The summed E-state index contributed by atoms with van der Waals surface area (Å²) < 4.78 is 4.55. The highest BCUT2D eigenvalue weighted by molar-refractivity contribution is 5.92. The highest BCUT2D eigenvalue weighted by atomic mass is 16.5. The molecule has 0 unspecified atom stereocenters. The van der Waals surface area contributed by atoms with E-state index in [2.05, 4.69) is 15.0 Å². The predicted molar refractivity (Wildman–Crippen MR) is 52.7 cm³/mol. The van der Waals surface area contributed by atoms with Crippen LogP contribution in [-0.2, 0) is 17.7 Å². The standard InChI is InChI=1S/C10H12N2O3/c1-15-10(14)7-4-12-8-5-11-3-2-6(8)9(7)13/h4,11H,2-3,5H2,1H3,(H,12,13). The number of methoxy groups -OCH3 is 1. The summed E-state index contributed by atoms with van der Waals surface area (Å²) in [4.78, 5) is 15.4. The summed E-state index contributed by atoms with van der Waals surface area (Å²) in [5.41, 5.74) is 1.68. The van der Waals surface area contributed by atoms with Crippen LogP contribution in [-0.4, -0.2) is 29.7 Å². The number of pyridine rings is 1. The van der Waals surface area contributed by atoms with Gasteiger partial charge in [0, 0.05) is 18.3 Å². The van der Waals surface area contributed by atoms with Crippen molar-refractivity contribution in [3.8, 4) is 5.75 Å². The third-order valence-electron chi connectivity index (χ3n) is 2.49. The molecular formula is C10H12N2O3. The molecule has 0 saturated carbocycles. The van der Waals surface area contributed by atoms with E-state index in [1.807, 2.05) is 0 Å². The molecule has 0 saturated heterocycles. The third kappa shape index (κ3) is 1.66. The van der Waals surface area contributed by atoms with Gasteiger partial charge in [-0.1, -0.05) is 0 Å². The van der Waals surface area contributed by atoms with E-state index >= 15 is 0 Å². The van der Waals surface area contributed by atoms with Crippen molar-refractivity contribution in [3.63, 3.8) is 0 Å². The van der Waals surface area contributed by atoms with Crippen molar-refractivity contribution in [2.75, 3.05) is 13.7 Å². The summed E-state index contributed by atoms with van der Waals surface area (Å²) in [6.07, 6.45) is 2.03. The van der Waals surface area contributed by atoms with E-state index in [4.69, 9.17) is 0 Å². The molecule has 1 aliphatic heterocycles. The fraction of sp³-hybridized carbons (Fsp3) is 0.400. The molecule has 0 radical (unpaired) electrons. The Morgan fingerprint density at radius 2 is 2.47 bits per heavy atom. The Bertz CT molecular complexity index is 404. The lowest BCUT2D eigenvalue weighted by atomic mass is 10.0. The van der Waals surface area contributed by atoms with Crippen LogP contribution in [0.15, 0.2) is 6.20 Å². The number of aromatic nitrogens is 1. The first-order chi connectivity index (χ1) is 7.24. The molecule has 0 spiro atoms. The first kappa shape index (κ1) is 9.92. The number of nitrogens with one attached hydrogen (secondary N) is 1. The van der Waals surface area contributed by atoms with Crippen LogP contribution in [0.25, 0.3) is 0 Å². The summed E-state index contributed by atoms with van der Waals surface area (Å²) in [6.45, 7) is 1.41. The smallest absolute Gasteiger partial charge is 0.343 e. The number of ether oxygens (including phenoxy) is 1. The molecule has 0 bridgehead atoms. The van der Waals surface area contributed by atoms with Gasteiger partial charge < -0.3 is 15.2 Å². The van der Waals surface area contributed by atoms with E-state index in [0.717, 1.165) is 17.8 Å².